The molecule has 0 bridgehead atoms. The van der Waals surface area contributed by atoms with Crippen molar-refractivity contribution >= 4 is 22.0 Å². The fourth-order valence-corrected chi connectivity index (χ4v) is 3.72. The molecule has 1 aromatic heterocycles. The molecular formula is C21H23N5O4S. The van der Waals surface area contributed by atoms with Crippen molar-refractivity contribution in [2.45, 2.75) is 18.4 Å². The molecule has 1 amide bonds. The predicted octanol–water partition coefficient (Wildman–Crippen LogP) is 2.11. The van der Waals surface area contributed by atoms with E-state index in [1.165, 1.54) is 18.2 Å². The fourth-order valence-electron chi connectivity index (χ4n) is 2.68. The highest BCUT2D eigenvalue weighted by Crippen LogP contribution is 2.18. The summed E-state index contributed by atoms with van der Waals surface area (Å²) < 4.78 is 31.4. The second-order valence-corrected chi connectivity index (χ2v) is 8.22. The average Bonchev–Trinajstić information content (AvgIpc) is 3.26. The highest BCUT2D eigenvalue weighted by molar-refractivity contribution is 7.89. The second-order valence-electron chi connectivity index (χ2n) is 6.46. The van der Waals surface area contributed by atoms with E-state index in [2.05, 4.69) is 25.2 Å². The van der Waals surface area contributed by atoms with Gasteiger partial charge in [0.05, 0.1) is 18.6 Å². The van der Waals surface area contributed by atoms with Gasteiger partial charge in [0.2, 0.25) is 15.9 Å². The van der Waals surface area contributed by atoms with Gasteiger partial charge in [0.25, 0.3) is 0 Å². The van der Waals surface area contributed by atoms with Crippen LogP contribution in [0.15, 0.2) is 59.5 Å². The van der Waals surface area contributed by atoms with Crippen LogP contribution in [0.3, 0.4) is 0 Å². The Bertz CT molecular complexity index is 1150. The third-order valence-electron chi connectivity index (χ3n) is 4.26. The normalized spacial score (nSPS) is 11.5. The van der Waals surface area contributed by atoms with E-state index >= 15 is 0 Å². The number of H-pyrrole nitrogens is 1. The molecule has 162 valence electrons. The van der Waals surface area contributed by atoms with Crippen LogP contribution in [0.4, 0.5) is 0 Å². The van der Waals surface area contributed by atoms with Crippen molar-refractivity contribution in [3.63, 3.8) is 0 Å². The summed E-state index contributed by atoms with van der Waals surface area (Å²) in [6.45, 7) is 2.22. The lowest BCUT2D eigenvalue weighted by Gasteiger charge is -2.04. The van der Waals surface area contributed by atoms with Gasteiger partial charge in [-0.2, -0.15) is 5.10 Å². The van der Waals surface area contributed by atoms with E-state index in [0.29, 0.717) is 23.8 Å². The van der Waals surface area contributed by atoms with Crippen LogP contribution >= 0.6 is 0 Å². The average molecular weight is 442 g/mol. The van der Waals surface area contributed by atoms with Gasteiger partial charge < -0.3 is 10.1 Å². The minimum atomic E-state index is -3.50. The first-order valence-electron chi connectivity index (χ1n) is 9.52. The molecule has 0 aliphatic carbocycles. The van der Waals surface area contributed by atoms with E-state index in [1.807, 2.05) is 24.3 Å². The molecular weight excluding hydrogens is 418 g/mol. The summed E-state index contributed by atoms with van der Waals surface area (Å²) in [6.07, 6.45) is 2.97. The van der Waals surface area contributed by atoms with Crippen LogP contribution in [0, 0.1) is 0 Å². The van der Waals surface area contributed by atoms with Crippen molar-refractivity contribution in [3.05, 3.63) is 66.0 Å². The van der Waals surface area contributed by atoms with Crippen LogP contribution in [-0.2, 0) is 21.4 Å². The minimum absolute atomic E-state index is 0.175. The highest BCUT2D eigenvalue weighted by Gasteiger charge is 2.11. The Balaban J connectivity index is 1.54. The lowest BCUT2D eigenvalue weighted by atomic mass is 10.2. The summed E-state index contributed by atoms with van der Waals surface area (Å²) in [5.41, 5.74) is 1.53. The third-order valence-corrected chi connectivity index (χ3v) is 5.82. The molecule has 0 aliphatic heterocycles. The monoisotopic (exact) mass is 441 g/mol. The quantitative estimate of drug-likeness (QED) is 0.437. The first-order chi connectivity index (χ1) is 14.9. The van der Waals surface area contributed by atoms with Gasteiger partial charge in [-0.25, -0.2) is 18.1 Å². The number of benzene rings is 2. The zero-order valence-electron chi connectivity index (χ0n) is 17.1. The number of hydrogen-bond acceptors (Lipinski definition) is 6. The highest BCUT2D eigenvalue weighted by atomic mass is 32.2. The van der Waals surface area contributed by atoms with Crippen molar-refractivity contribution < 1.29 is 17.9 Å². The first kappa shape index (κ1) is 22.2. The second kappa shape index (κ2) is 10.0. The van der Waals surface area contributed by atoms with Crippen LogP contribution in [0.2, 0.25) is 0 Å². The van der Waals surface area contributed by atoms with Crippen molar-refractivity contribution in [3.8, 4) is 17.1 Å². The predicted molar refractivity (Wildman–Crippen MR) is 117 cm³/mol. The summed E-state index contributed by atoms with van der Waals surface area (Å²) in [5, 5.41) is 9.67. The number of amides is 1. The number of carbonyl (C=O) groups excluding carboxylic acids is 1. The molecule has 0 aliphatic rings. The molecule has 0 saturated heterocycles. The van der Waals surface area contributed by atoms with Gasteiger partial charge in [0.15, 0.2) is 5.82 Å². The topological polar surface area (TPSA) is 126 Å². The molecule has 3 rings (SSSR count). The van der Waals surface area contributed by atoms with Crippen LogP contribution in [0.1, 0.15) is 18.3 Å². The molecule has 0 radical (unpaired) electrons. The molecule has 10 heteroatoms. The molecule has 0 unspecified atom stereocenters. The Morgan fingerprint density at radius 2 is 1.84 bits per heavy atom. The maximum atomic E-state index is 12.1. The Labute approximate surface area is 180 Å². The number of nitrogens with zero attached hydrogens (tertiary/aromatic N) is 2. The van der Waals surface area contributed by atoms with E-state index in [1.54, 1.807) is 32.2 Å². The summed E-state index contributed by atoms with van der Waals surface area (Å²) in [6, 6.07) is 13.6. The van der Waals surface area contributed by atoms with E-state index in [4.69, 9.17) is 4.74 Å². The Hall–Kier alpha value is -3.50. The standard InChI is InChI=1S/C21H23N5O4S/c1-3-23-31(28,29)18-11-4-15(5-12-18)6-13-20(27)22-14-19-24-21(26-25-19)16-7-9-17(30-2)10-8-16/h4-13,23H,3,14H2,1-2H3,(H,22,27)(H,24,25,26)/b13-6+. The van der Waals surface area contributed by atoms with E-state index in [9.17, 15) is 13.2 Å². The maximum absolute atomic E-state index is 12.1. The Morgan fingerprint density at radius 3 is 2.48 bits per heavy atom. The van der Waals surface area contributed by atoms with E-state index in [0.717, 1.165) is 11.3 Å². The smallest absolute Gasteiger partial charge is 0.244 e. The number of methoxy groups -OCH3 is 1. The summed E-state index contributed by atoms with van der Waals surface area (Å²) in [5.74, 6) is 1.47. The van der Waals surface area contributed by atoms with Crippen LogP contribution < -0.4 is 14.8 Å². The number of nitrogens with one attached hydrogen (secondary N) is 3. The number of ether oxygens (including phenoxy) is 1. The maximum Gasteiger partial charge on any atom is 0.244 e. The zero-order valence-corrected chi connectivity index (χ0v) is 17.9. The summed E-state index contributed by atoms with van der Waals surface area (Å²) in [4.78, 5) is 16.6. The molecule has 3 aromatic rings. The van der Waals surface area contributed by atoms with Gasteiger partial charge in [-0.05, 0) is 48.0 Å². The SMILES string of the molecule is CCNS(=O)(=O)c1ccc(/C=C/C(=O)NCc2nc(-c3ccc(OC)cc3)n[nH]2)cc1. The molecule has 9 nitrogen and oxygen atoms in total. The minimum Gasteiger partial charge on any atom is -0.497 e. The van der Waals surface area contributed by atoms with Gasteiger partial charge in [0.1, 0.15) is 11.6 Å². The van der Waals surface area contributed by atoms with Gasteiger partial charge in [-0.1, -0.05) is 19.1 Å². The number of aromatic amines is 1. The Morgan fingerprint density at radius 1 is 1.13 bits per heavy atom. The Kier molecular flexibility index (Phi) is 7.16. The van der Waals surface area contributed by atoms with Crippen LogP contribution in [-0.4, -0.2) is 43.2 Å². The van der Waals surface area contributed by atoms with Crippen molar-refractivity contribution in [1.82, 2.24) is 25.2 Å². The number of carbonyl (C=O) groups is 1. The fraction of sp³-hybridized carbons (Fsp3) is 0.190. The van der Waals surface area contributed by atoms with E-state index in [-0.39, 0.29) is 17.3 Å². The van der Waals surface area contributed by atoms with Crippen molar-refractivity contribution in [2.75, 3.05) is 13.7 Å². The summed E-state index contributed by atoms with van der Waals surface area (Å²) >= 11 is 0. The molecule has 0 saturated carbocycles. The van der Waals surface area contributed by atoms with Crippen LogP contribution in [0.5, 0.6) is 5.75 Å². The van der Waals surface area contributed by atoms with Crippen molar-refractivity contribution in [2.24, 2.45) is 0 Å². The van der Waals surface area contributed by atoms with Gasteiger partial charge in [-0.3, -0.25) is 9.89 Å². The van der Waals surface area contributed by atoms with Gasteiger partial charge >= 0.3 is 0 Å². The molecule has 2 aromatic carbocycles. The van der Waals surface area contributed by atoms with Gasteiger partial charge in [0, 0.05) is 18.2 Å². The van der Waals surface area contributed by atoms with E-state index < -0.39 is 10.0 Å². The molecule has 3 N–H and O–H groups in total. The lowest BCUT2D eigenvalue weighted by molar-refractivity contribution is -0.116. The molecule has 1 heterocycles. The first-order valence-corrected chi connectivity index (χ1v) is 11.0. The largest absolute Gasteiger partial charge is 0.497 e. The third kappa shape index (κ3) is 6.00. The zero-order chi connectivity index (χ0) is 22.3. The lowest BCUT2D eigenvalue weighted by Crippen LogP contribution is -2.23. The van der Waals surface area contributed by atoms with Crippen LogP contribution in [0.25, 0.3) is 17.5 Å². The molecule has 0 fully saturated rings. The number of aromatic nitrogens is 3. The van der Waals surface area contributed by atoms with Gasteiger partial charge in [-0.15, -0.1) is 0 Å². The molecule has 0 atom stereocenters. The summed E-state index contributed by atoms with van der Waals surface area (Å²) in [7, 11) is -1.90. The molecule has 0 spiro atoms. The van der Waals surface area contributed by atoms with Crippen molar-refractivity contribution in [1.29, 1.82) is 0 Å². The number of rotatable bonds is 9. The number of sulfonamides is 1. The molecule has 31 heavy (non-hydrogen) atoms. The number of hydrogen-bond donors (Lipinski definition) is 3.